The van der Waals surface area contributed by atoms with Crippen molar-refractivity contribution in [3.8, 4) is 0 Å². The molecule has 1 saturated carbocycles. The fourth-order valence-electron chi connectivity index (χ4n) is 2.51. The molecule has 0 atom stereocenters. The molecule has 0 unspecified atom stereocenters. The first kappa shape index (κ1) is 13.3. The molecule has 1 fully saturated rings. The SMILES string of the molecule is Cc1nc(CN(CC(N)=NO)C2CCCC2)cs1. The predicted octanol–water partition coefficient (Wildman–Crippen LogP) is 1.94. The van der Waals surface area contributed by atoms with E-state index in [9.17, 15) is 0 Å². The largest absolute Gasteiger partial charge is 0.409 e. The first-order chi connectivity index (χ1) is 8.69. The van der Waals surface area contributed by atoms with Gasteiger partial charge in [-0.15, -0.1) is 11.3 Å². The van der Waals surface area contributed by atoms with Crippen LogP contribution in [0.2, 0.25) is 0 Å². The van der Waals surface area contributed by atoms with E-state index in [2.05, 4.69) is 20.4 Å². The molecule has 5 nitrogen and oxygen atoms in total. The topological polar surface area (TPSA) is 74.7 Å². The average Bonchev–Trinajstić information content (AvgIpc) is 2.99. The summed E-state index contributed by atoms with van der Waals surface area (Å²) in [5.74, 6) is 0.272. The molecule has 0 saturated heterocycles. The number of oxime groups is 1. The highest BCUT2D eigenvalue weighted by atomic mass is 32.1. The molecule has 100 valence electrons. The maximum absolute atomic E-state index is 8.72. The molecule has 1 aliphatic carbocycles. The van der Waals surface area contributed by atoms with Crippen molar-refractivity contribution in [2.24, 2.45) is 10.9 Å². The summed E-state index contributed by atoms with van der Waals surface area (Å²) < 4.78 is 0. The number of thiazole rings is 1. The second-order valence-electron chi connectivity index (χ2n) is 4.79. The Labute approximate surface area is 111 Å². The van der Waals surface area contributed by atoms with Gasteiger partial charge < -0.3 is 10.9 Å². The van der Waals surface area contributed by atoms with Crippen molar-refractivity contribution in [1.82, 2.24) is 9.88 Å². The van der Waals surface area contributed by atoms with Crippen molar-refractivity contribution >= 4 is 17.2 Å². The Morgan fingerprint density at radius 2 is 2.33 bits per heavy atom. The minimum atomic E-state index is 0.272. The molecule has 6 heteroatoms. The van der Waals surface area contributed by atoms with Crippen molar-refractivity contribution in [2.75, 3.05) is 6.54 Å². The van der Waals surface area contributed by atoms with E-state index in [1.54, 1.807) is 11.3 Å². The lowest BCUT2D eigenvalue weighted by atomic mass is 10.2. The average molecular weight is 268 g/mol. The molecular weight excluding hydrogens is 248 g/mol. The summed E-state index contributed by atoms with van der Waals surface area (Å²) in [4.78, 5) is 6.76. The highest BCUT2D eigenvalue weighted by molar-refractivity contribution is 7.09. The quantitative estimate of drug-likeness (QED) is 0.370. The van der Waals surface area contributed by atoms with Crippen LogP contribution in [-0.2, 0) is 6.54 Å². The Morgan fingerprint density at radius 3 is 2.89 bits per heavy atom. The van der Waals surface area contributed by atoms with Gasteiger partial charge in [0.2, 0.25) is 0 Å². The van der Waals surface area contributed by atoms with Gasteiger partial charge in [-0.25, -0.2) is 4.98 Å². The van der Waals surface area contributed by atoms with Crippen LogP contribution in [0, 0.1) is 6.92 Å². The first-order valence-corrected chi connectivity index (χ1v) is 7.18. The van der Waals surface area contributed by atoms with Gasteiger partial charge in [-0.1, -0.05) is 18.0 Å². The van der Waals surface area contributed by atoms with Crippen molar-refractivity contribution in [3.63, 3.8) is 0 Å². The molecule has 0 bridgehead atoms. The van der Waals surface area contributed by atoms with Gasteiger partial charge in [0.05, 0.1) is 17.2 Å². The molecule has 1 aliphatic rings. The summed E-state index contributed by atoms with van der Waals surface area (Å²) in [6, 6.07) is 0.535. The van der Waals surface area contributed by atoms with E-state index in [-0.39, 0.29) is 5.84 Å². The minimum Gasteiger partial charge on any atom is -0.409 e. The zero-order valence-electron chi connectivity index (χ0n) is 10.7. The lowest BCUT2D eigenvalue weighted by molar-refractivity contribution is 0.212. The highest BCUT2D eigenvalue weighted by Crippen LogP contribution is 2.25. The normalized spacial score (nSPS) is 17.8. The van der Waals surface area contributed by atoms with Crippen molar-refractivity contribution in [2.45, 2.75) is 45.2 Å². The van der Waals surface area contributed by atoms with Crippen LogP contribution in [0.4, 0.5) is 0 Å². The smallest absolute Gasteiger partial charge is 0.153 e. The molecule has 18 heavy (non-hydrogen) atoms. The predicted molar refractivity (Wildman–Crippen MR) is 72.9 cm³/mol. The van der Waals surface area contributed by atoms with E-state index >= 15 is 0 Å². The third-order valence-electron chi connectivity index (χ3n) is 3.37. The second kappa shape index (κ2) is 6.15. The van der Waals surface area contributed by atoms with Crippen molar-refractivity contribution in [3.05, 3.63) is 16.1 Å². The number of hydrogen-bond acceptors (Lipinski definition) is 5. The monoisotopic (exact) mass is 268 g/mol. The van der Waals surface area contributed by atoms with Crippen LogP contribution in [0.25, 0.3) is 0 Å². The fraction of sp³-hybridized carbons (Fsp3) is 0.667. The number of amidine groups is 1. The molecular formula is C12H20N4OS. The highest BCUT2D eigenvalue weighted by Gasteiger charge is 2.24. The number of nitrogens with two attached hydrogens (primary N) is 1. The Morgan fingerprint density at radius 1 is 1.61 bits per heavy atom. The molecule has 2 rings (SSSR count). The van der Waals surface area contributed by atoms with Crippen LogP contribution in [0.5, 0.6) is 0 Å². The van der Waals surface area contributed by atoms with Crippen LogP contribution in [0.15, 0.2) is 10.5 Å². The Balaban J connectivity index is 2.03. The molecule has 0 radical (unpaired) electrons. The lowest BCUT2D eigenvalue weighted by Crippen LogP contribution is -2.39. The van der Waals surface area contributed by atoms with Crippen molar-refractivity contribution < 1.29 is 5.21 Å². The first-order valence-electron chi connectivity index (χ1n) is 6.30. The van der Waals surface area contributed by atoms with Crippen LogP contribution < -0.4 is 5.73 Å². The zero-order valence-corrected chi connectivity index (χ0v) is 11.5. The number of aromatic nitrogens is 1. The molecule has 0 aromatic carbocycles. The summed E-state index contributed by atoms with van der Waals surface area (Å²) in [7, 11) is 0. The van der Waals surface area contributed by atoms with E-state index in [0.717, 1.165) is 17.2 Å². The second-order valence-corrected chi connectivity index (χ2v) is 5.85. The van der Waals surface area contributed by atoms with E-state index in [0.29, 0.717) is 12.6 Å². The number of nitrogens with zero attached hydrogens (tertiary/aromatic N) is 3. The van der Waals surface area contributed by atoms with E-state index in [1.165, 1.54) is 25.7 Å². The van der Waals surface area contributed by atoms with Gasteiger partial charge in [0.25, 0.3) is 0 Å². The Bertz CT molecular complexity index is 412. The zero-order chi connectivity index (χ0) is 13.0. The Kier molecular flexibility index (Phi) is 4.54. The number of aryl methyl sites for hydroxylation is 1. The Hall–Kier alpha value is -1.14. The van der Waals surface area contributed by atoms with Gasteiger partial charge >= 0.3 is 0 Å². The van der Waals surface area contributed by atoms with Crippen LogP contribution in [0.1, 0.15) is 36.4 Å². The standard InChI is InChI=1S/C12H20N4OS/c1-9-14-10(8-18-9)6-16(7-12(13)15-17)11-4-2-3-5-11/h8,11,17H,2-7H2,1H3,(H2,13,15). The summed E-state index contributed by atoms with van der Waals surface area (Å²) in [6.45, 7) is 3.31. The maximum atomic E-state index is 8.72. The van der Waals surface area contributed by atoms with Gasteiger partial charge in [0.1, 0.15) is 0 Å². The summed E-state index contributed by atoms with van der Waals surface area (Å²) in [6.07, 6.45) is 4.94. The van der Waals surface area contributed by atoms with Gasteiger partial charge in [0, 0.05) is 18.0 Å². The van der Waals surface area contributed by atoms with Crippen LogP contribution in [0.3, 0.4) is 0 Å². The van der Waals surface area contributed by atoms with Crippen LogP contribution in [-0.4, -0.2) is 33.5 Å². The molecule has 3 N–H and O–H groups in total. The van der Waals surface area contributed by atoms with E-state index in [4.69, 9.17) is 10.9 Å². The summed E-state index contributed by atoms with van der Waals surface area (Å²) in [5.41, 5.74) is 6.72. The van der Waals surface area contributed by atoms with Gasteiger partial charge in [-0.2, -0.15) is 0 Å². The summed E-state index contributed by atoms with van der Waals surface area (Å²) >= 11 is 1.66. The molecule has 1 aromatic rings. The third kappa shape index (κ3) is 3.43. The van der Waals surface area contributed by atoms with Gasteiger partial charge in [0.15, 0.2) is 5.84 Å². The molecule has 0 spiro atoms. The lowest BCUT2D eigenvalue weighted by Gasteiger charge is -2.27. The van der Waals surface area contributed by atoms with Crippen LogP contribution >= 0.6 is 11.3 Å². The van der Waals surface area contributed by atoms with E-state index in [1.807, 2.05) is 6.92 Å². The molecule has 1 heterocycles. The third-order valence-corrected chi connectivity index (χ3v) is 4.19. The fourth-order valence-corrected chi connectivity index (χ4v) is 3.12. The van der Waals surface area contributed by atoms with E-state index < -0.39 is 0 Å². The van der Waals surface area contributed by atoms with Gasteiger partial charge in [-0.3, -0.25) is 4.90 Å². The maximum Gasteiger partial charge on any atom is 0.153 e. The van der Waals surface area contributed by atoms with Crippen molar-refractivity contribution in [1.29, 1.82) is 0 Å². The molecule has 0 amide bonds. The number of rotatable bonds is 5. The molecule has 1 aromatic heterocycles. The minimum absolute atomic E-state index is 0.272. The molecule has 0 aliphatic heterocycles. The summed E-state index contributed by atoms with van der Waals surface area (Å²) in [5, 5.41) is 15.0. The number of hydrogen-bond donors (Lipinski definition) is 2. The van der Waals surface area contributed by atoms with Gasteiger partial charge in [-0.05, 0) is 19.8 Å².